The molecule has 1 N–H and O–H groups in total. The van der Waals surface area contributed by atoms with Crippen molar-refractivity contribution < 1.29 is 5.11 Å². The monoisotopic (exact) mass is 250 g/mol. The third-order valence-electron chi connectivity index (χ3n) is 3.15. The Morgan fingerprint density at radius 2 is 1.63 bits per heavy atom. The highest BCUT2D eigenvalue weighted by Gasteiger charge is 2.18. The molecular formula is C18H18O. The molecule has 0 amide bonds. The van der Waals surface area contributed by atoms with Gasteiger partial charge in [0.2, 0.25) is 0 Å². The van der Waals surface area contributed by atoms with E-state index in [9.17, 15) is 5.11 Å². The molecule has 0 bridgehead atoms. The molecule has 0 aromatic heterocycles. The standard InChI is InChI=1S/C18H18O/c1-3-15-9-11-16(12-10-15)13-14-18(2,19)17-7-5-4-6-8-17/h4-12,19H,3H2,1-2H3. The topological polar surface area (TPSA) is 20.2 Å². The van der Waals surface area contributed by atoms with Crippen LogP contribution >= 0.6 is 0 Å². The van der Waals surface area contributed by atoms with Gasteiger partial charge in [0, 0.05) is 5.56 Å². The van der Waals surface area contributed by atoms with Gasteiger partial charge in [-0.05, 0) is 36.6 Å². The van der Waals surface area contributed by atoms with Crippen molar-refractivity contribution in [1.82, 2.24) is 0 Å². The van der Waals surface area contributed by atoms with E-state index in [1.807, 2.05) is 42.5 Å². The van der Waals surface area contributed by atoms with Crippen LogP contribution in [0.15, 0.2) is 54.6 Å². The molecule has 0 spiro atoms. The Morgan fingerprint density at radius 3 is 2.21 bits per heavy atom. The van der Waals surface area contributed by atoms with Gasteiger partial charge < -0.3 is 5.11 Å². The average Bonchev–Trinajstić information content (AvgIpc) is 2.47. The summed E-state index contributed by atoms with van der Waals surface area (Å²) in [6.07, 6.45) is 1.02. The summed E-state index contributed by atoms with van der Waals surface area (Å²) in [5, 5.41) is 10.4. The SMILES string of the molecule is CCc1ccc(C#CC(C)(O)c2ccccc2)cc1. The van der Waals surface area contributed by atoms with E-state index in [0.717, 1.165) is 17.5 Å². The summed E-state index contributed by atoms with van der Waals surface area (Å²) in [4.78, 5) is 0. The summed E-state index contributed by atoms with van der Waals surface area (Å²) >= 11 is 0. The molecule has 0 saturated carbocycles. The van der Waals surface area contributed by atoms with Crippen molar-refractivity contribution in [2.75, 3.05) is 0 Å². The van der Waals surface area contributed by atoms with Gasteiger partial charge in [-0.1, -0.05) is 61.2 Å². The first-order valence-corrected chi connectivity index (χ1v) is 6.52. The van der Waals surface area contributed by atoms with E-state index in [2.05, 4.69) is 30.9 Å². The summed E-state index contributed by atoms with van der Waals surface area (Å²) in [7, 11) is 0. The predicted octanol–water partition coefficient (Wildman–Crippen LogP) is 3.51. The van der Waals surface area contributed by atoms with Crippen molar-refractivity contribution in [2.45, 2.75) is 25.9 Å². The van der Waals surface area contributed by atoms with E-state index >= 15 is 0 Å². The Bertz CT molecular complexity index is 583. The maximum absolute atomic E-state index is 10.4. The van der Waals surface area contributed by atoms with Gasteiger partial charge in [-0.15, -0.1) is 0 Å². The van der Waals surface area contributed by atoms with E-state index in [4.69, 9.17) is 0 Å². The van der Waals surface area contributed by atoms with Gasteiger partial charge in [0.05, 0.1) is 0 Å². The molecular weight excluding hydrogens is 232 g/mol. The second kappa shape index (κ2) is 5.73. The largest absolute Gasteiger partial charge is 0.374 e. The summed E-state index contributed by atoms with van der Waals surface area (Å²) in [6, 6.07) is 17.6. The minimum Gasteiger partial charge on any atom is -0.374 e. The molecule has 19 heavy (non-hydrogen) atoms. The Kier molecular flexibility index (Phi) is 4.04. The molecule has 0 saturated heterocycles. The molecule has 0 heterocycles. The van der Waals surface area contributed by atoms with E-state index in [-0.39, 0.29) is 0 Å². The van der Waals surface area contributed by atoms with Gasteiger partial charge in [0.25, 0.3) is 0 Å². The number of benzene rings is 2. The summed E-state index contributed by atoms with van der Waals surface area (Å²) in [5.41, 5.74) is 1.91. The molecule has 0 radical (unpaired) electrons. The highest BCUT2D eigenvalue weighted by atomic mass is 16.3. The van der Waals surface area contributed by atoms with Crippen LogP contribution in [0.25, 0.3) is 0 Å². The van der Waals surface area contributed by atoms with Crippen molar-refractivity contribution in [3.8, 4) is 11.8 Å². The fourth-order valence-corrected chi connectivity index (χ4v) is 1.85. The third kappa shape index (κ3) is 3.47. The van der Waals surface area contributed by atoms with Crippen LogP contribution in [-0.2, 0) is 12.0 Å². The van der Waals surface area contributed by atoms with Gasteiger partial charge in [0.1, 0.15) is 5.60 Å². The number of aliphatic hydroxyl groups is 1. The molecule has 1 unspecified atom stereocenters. The zero-order chi connectivity index (χ0) is 13.7. The highest BCUT2D eigenvalue weighted by Crippen LogP contribution is 2.19. The Labute approximate surface area is 114 Å². The average molecular weight is 250 g/mol. The maximum Gasteiger partial charge on any atom is 0.148 e. The number of hydrogen-bond acceptors (Lipinski definition) is 1. The summed E-state index contributed by atoms with van der Waals surface area (Å²) in [5.74, 6) is 5.97. The van der Waals surface area contributed by atoms with Crippen molar-refractivity contribution in [1.29, 1.82) is 0 Å². The van der Waals surface area contributed by atoms with Gasteiger partial charge in [-0.2, -0.15) is 0 Å². The molecule has 1 heteroatoms. The maximum atomic E-state index is 10.4. The highest BCUT2D eigenvalue weighted by molar-refractivity contribution is 5.40. The first-order valence-electron chi connectivity index (χ1n) is 6.52. The number of aryl methyl sites for hydroxylation is 1. The second-order valence-electron chi connectivity index (χ2n) is 4.74. The predicted molar refractivity (Wildman–Crippen MR) is 78.7 cm³/mol. The van der Waals surface area contributed by atoms with E-state index in [0.29, 0.717) is 0 Å². The van der Waals surface area contributed by atoms with Crippen molar-refractivity contribution in [3.63, 3.8) is 0 Å². The van der Waals surface area contributed by atoms with Crippen LogP contribution in [0.2, 0.25) is 0 Å². The van der Waals surface area contributed by atoms with Crippen molar-refractivity contribution >= 4 is 0 Å². The Balaban J connectivity index is 2.22. The number of hydrogen-bond donors (Lipinski definition) is 1. The Morgan fingerprint density at radius 1 is 1.00 bits per heavy atom. The van der Waals surface area contributed by atoms with E-state index in [1.165, 1.54) is 5.56 Å². The van der Waals surface area contributed by atoms with Gasteiger partial charge in [0.15, 0.2) is 0 Å². The molecule has 2 rings (SSSR count). The second-order valence-corrected chi connectivity index (χ2v) is 4.74. The molecule has 0 fully saturated rings. The quantitative estimate of drug-likeness (QED) is 0.809. The molecule has 0 aliphatic carbocycles. The van der Waals surface area contributed by atoms with Gasteiger partial charge >= 0.3 is 0 Å². The molecule has 2 aromatic rings. The molecule has 1 atom stereocenters. The summed E-state index contributed by atoms with van der Waals surface area (Å²) < 4.78 is 0. The van der Waals surface area contributed by atoms with E-state index < -0.39 is 5.60 Å². The lowest BCUT2D eigenvalue weighted by Gasteiger charge is -2.16. The molecule has 2 aromatic carbocycles. The minimum atomic E-state index is -1.12. The zero-order valence-corrected chi connectivity index (χ0v) is 11.4. The minimum absolute atomic E-state index is 0.813. The summed E-state index contributed by atoms with van der Waals surface area (Å²) in [6.45, 7) is 3.84. The van der Waals surface area contributed by atoms with Gasteiger partial charge in [-0.3, -0.25) is 0 Å². The van der Waals surface area contributed by atoms with Crippen LogP contribution in [0, 0.1) is 11.8 Å². The lowest BCUT2D eigenvalue weighted by atomic mass is 9.96. The normalized spacial score (nSPS) is 13.2. The fourth-order valence-electron chi connectivity index (χ4n) is 1.85. The smallest absolute Gasteiger partial charge is 0.148 e. The van der Waals surface area contributed by atoms with Crippen LogP contribution in [0.4, 0.5) is 0 Å². The zero-order valence-electron chi connectivity index (χ0n) is 11.4. The Hall–Kier alpha value is -2.04. The lowest BCUT2D eigenvalue weighted by Crippen LogP contribution is -2.18. The van der Waals surface area contributed by atoms with Crippen LogP contribution < -0.4 is 0 Å². The van der Waals surface area contributed by atoms with Crippen molar-refractivity contribution in [2.24, 2.45) is 0 Å². The van der Waals surface area contributed by atoms with Crippen LogP contribution in [0.1, 0.15) is 30.5 Å². The molecule has 96 valence electrons. The molecule has 1 nitrogen and oxygen atoms in total. The number of rotatable bonds is 2. The fraction of sp³-hybridized carbons (Fsp3) is 0.222. The lowest BCUT2D eigenvalue weighted by molar-refractivity contribution is 0.122. The third-order valence-corrected chi connectivity index (χ3v) is 3.15. The molecule has 0 aliphatic heterocycles. The van der Waals surface area contributed by atoms with Gasteiger partial charge in [-0.25, -0.2) is 0 Å². The first-order chi connectivity index (χ1) is 9.12. The van der Waals surface area contributed by atoms with Crippen molar-refractivity contribution in [3.05, 3.63) is 71.3 Å². The van der Waals surface area contributed by atoms with Crippen LogP contribution in [0.3, 0.4) is 0 Å². The first kappa shape index (κ1) is 13.4. The van der Waals surface area contributed by atoms with Crippen LogP contribution in [-0.4, -0.2) is 5.11 Å². The molecule has 0 aliphatic rings. The van der Waals surface area contributed by atoms with E-state index in [1.54, 1.807) is 6.92 Å². The van der Waals surface area contributed by atoms with Crippen LogP contribution in [0.5, 0.6) is 0 Å².